The van der Waals surface area contributed by atoms with Crippen molar-refractivity contribution >= 4 is 18.5 Å². The van der Waals surface area contributed by atoms with Crippen molar-refractivity contribution in [2.24, 2.45) is 0 Å². The van der Waals surface area contributed by atoms with Crippen LogP contribution in [0.2, 0.25) is 0 Å². The molecule has 2 aromatic heterocycles. The fourth-order valence-electron chi connectivity index (χ4n) is 1.23. The molecule has 0 bridgehead atoms. The van der Waals surface area contributed by atoms with Crippen LogP contribution in [0.5, 0.6) is 0 Å². The van der Waals surface area contributed by atoms with E-state index in [1.165, 1.54) is 23.4 Å². The highest BCUT2D eigenvalue weighted by atomic mass is 35.5. The highest BCUT2D eigenvalue weighted by Gasteiger charge is 2.17. The Morgan fingerprint density at radius 3 is 2.41 bits per heavy atom. The predicted molar refractivity (Wildman–Crippen MR) is 81.5 cm³/mol. The smallest absolute Gasteiger partial charge is 0.419 e. The van der Waals surface area contributed by atoms with Gasteiger partial charge in [-0.25, -0.2) is 19.3 Å². The molecule has 9 heteroatoms. The summed E-state index contributed by atoms with van der Waals surface area (Å²) in [7, 11) is 0. The molecule has 2 heterocycles. The summed E-state index contributed by atoms with van der Waals surface area (Å²) in [5.41, 5.74) is 0.664. The van der Waals surface area contributed by atoms with Gasteiger partial charge in [-0.2, -0.15) is 0 Å². The van der Waals surface area contributed by atoms with Crippen molar-refractivity contribution in [1.29, 1.82) is 0 Å². The fourth-order valence-corrected chi connectivity index (χ4v) is 1.23. The van der Waals surface area contributed by atoms with Crippen LogP contribution in [-0.2, 0) is 18.0 Å². The van der Waals surface area contributed by atoms with Gasteiger partial charge in [0.1, 0.15) is 11.9 Å². The van der Waals surface area contributed by atoms with E-state index >= 15 is 0 Å². The number of halogens is 1. The molecule has 8 nitrogen and oxygen atoms in total. The van der Waals surface area contributed by atoms with Gasteiger partial charge >= 0.3 is 6.09 Å². The maximum atomic E-state index is 11.4. The Labute approximate surface area is 134 Å². The van der Waals surface area contributed by atoms with Crippen molar-refractivity contribution in [2.75, 3.05) is 0 Å². The molecule has 2 rings (SSSR count). The summed E-state index contributed by atoms with van der Waals surface area (Å²) in [5, 5.41) is 17.1. The molecule has 0 saturated heterocycles. The molecule has 0 saturated carbocycles. The highest BCUT2D eigenvalue weighted by Crippen LogP contribution is 2.09. The Morgan fingerprint density at radius 1 is 1.36 bits per heavy atom. The SMILES string of the molecule is CC(C)(C)OC(=O)n1cnc(CO)c1.Cl.OCc1cnc[nH]1. The van der Waals surface area contributed by atoms with Crippen molar-refractivity contribution in [1.82, 2.24) is 19.5 Å². The van der Waals surface area contributed by atoms with Crippen molar-refractivity contribution in [3.05, 3.63) is 36.4 Å². The maximum Gasteiger partial charge on any atom is 0.419 e. The summed E-state index contributed by atoms with van der Waals surface area (Å²) < 4.78 is 6.29. The van der Waals surface area contributed by atoms with Crippen molar-refractivity contribution in [3.63, 3.8) is 0 Å². The van der Waals surface area contributed by atoms with Crippen LogP contribution in [0, 0.1) is 0 Å². The number of H-pyrrole nitrogens is 1. The maximum absolute atomic E-state index is 11.4. The number of carbonyl (C=O) groups excluding carboxylic acids is 1. The number of carbonyl (C=O) groups is 1. The summed E-state index contributed by atoms with van der Waals surface area (Å²) in [6, 6.07) is 0. The molecule has 2 aromatic rings. The van der Waals surface area contributed by atoms with Crippen LogP contribution in [0.4, 0.5) is 4.79 Å². The molecule has 0 fully saturated rings. The third kappa shape index (κ3) is 7.21. The number of aliphatic hydroxyl groups is 2. The van der Waals surface area contributed by atoms with E-state index in [0.29, 0.717) is 5.69 Å². The molecule has 22 heavy (non-hydrogen) atoms. The summed E-state index contributed by atoms with van der Waals surface area (Å²) in [6.45, 7) is 5.22. The molecule has 0 spiro atoms. The van der Waals surface area contributed by atoms with E-state index in [2.05, 4.69) is 15.0 Å². The second-order valence-electron chi connectivity index (χ2n) is 5.15. The number of hydrogen-bond acceptors (Lipinski definition) is 6. The van der Waals surface area contributed by atoms with Gasteiger partial charge in [0, 0.05) is 6.20 Å². The second kappa shape index (κ2) is 9.19. The number of imidazole rings is 2. The summed E-state index contributed by atoms with van der Waals surface area (Å²) in [4.78, 5) is 21.6. The number of aliphatic hydroxyl groups excluding tert-OH is 2. The molecular formula is C13H21ClN4O4. The largest absolute Gasteiger partial charge is 0.443 e. The van der Waals surface area contributed by atoms with Crippen LogP contribution in [-0.4, -0.2) is 41.4 Å². The molecule has 3 N–H and O–H groups in total. The predicted octanol–water partition coefficient (Wildman–Crippen LogP) is 1.48. The second-order valence-corrected chi connectivity index (χ2v) is 5.15. The lowest BCUT2D eigenvalue weighted by Gasteiger charge is -2.18. The van der Waals surface area contributed by atoms with Gasteiger partial charge in [-0.3, -0.25) is 0 Å². The van der Waals surface area contributed by atoms with Gasteiger partial charge in [0.25, 0.3) is 0 Å². The van der Waals surface area contributed by atoms with E-state index in [-0.39, 0.29) is 25.6 Å². The van der Waals surface area contributed by atoms with Crippen LogP contribution in [0.3, 0.4) is 0 Å². The first-order valence-electron chi connectivity index (χ1n) is 6.31. The summed E-state index contributed by atoms with van der Waals surface area (Å²) in [6.07, 6.45) is 5.38. The van der Waals surface area contributed by atoms with Crippen LogP contribution in [0.1, 0.15) is 32.2 Å². The Balaban J connectivity index is 0.000000465. The van der Waals surface area contributed by atoms with Gasteiger partial charge in [0.05, 0.1) is 37.1 Å². The molecule has 0 aliphatic rings. The van der Waals surface area contributed by atoms with Gasteiger partial charge in [-0.05, 0) is 20.8 Å². The first kappa shape index (κ1) is 20.1. The van der Waals surface area contributed by atoms with Crippen LogP contribution in [0.15, 0.2) is 25.0 Å². The molecule has 0 atom stereocenters. The number of nitrogens with zero attached hydrogens (tertiary/aromatic N) is 3. The average Bonchev–Trinajstić information content (AvgIpc) is 3.08. The molecule has 0 unspecified atom stereocenters. The lowest BCUT2D eigenvalue weighted by atomic mass is 10.2. The first-order chi connectivity index (χ1) is 9.85. The minimum absolute atomic E-state index is 0. The summed E-state index contributed by atoms with van der Waals surface area (Å²) in [5.74, 6) is 0. The van der Waals surface area contributed by atoms with Crippen LogP contribution >= 0.6 is 12.4 Å². The van der Waals surface area contributed by atoms with Gasteiger partial charge in [0.2, 0.25) is 0 Å². The molecule has 0 amide bonds. The van der Waals surface area contributed by atoms with Gasteiger partial charge in [-0.15, -0.1) is 12.4 Å². The quantitative estimate of drug-likeness (QED) is 0.767. The minimum atomic E-state index is -0.527. The average molecular weight is 333 g/mol. The van der Waals surface area contributed by atoms with E-state index in [9.17, 15) is 4.79 Å². The molecule has 0 radical (unpaired) electrons. The van der Waals surface area contributed by atoms with Crippen LogP contribution in [0.25, 0.3) is 0 Å². The molecule has 0 aromatic carbocycles. The normalized spacial score (nSPS) is 10.2. The fraction of sp³-hybridized carbons (Fsp3) is 0.462. The third-order valence-electron chi connectivity index (χ3n) is 2.13. The lowest BCUT2D eigenvalue weighted by Crippen LogP contribution is -2.26. The summed E-state index contributed by atoms with van der Waals surface area (Å²) >= 11 is 0. The Bertz CT molecular complexity index is 549. The van der Waals surface area contributed by atoms with Gasteiger partial charge in [-0.1, -0.05) is 0 Å². The third-order valence-corrected chi connectivity index (χ3v) is 2.13. The Kier molecular flexibility index (Phi) is 8.39. The Morgan fingerprint density at radius 2 is 2.05 bits per heavy atom. The van der Waals surface area contributed by atoms with E-state index in [0.717, 1.165) is 5.69 Å². The number of ether oxygens (including phenoxy) is 1. The number of rotatable bonds is 2. The number of aromatic amines is 1. The van der Waals surface area contributed by atoms with Crippen molar-refractivity contribution < 1.29 is 19.7 Å². The molecule has 124 valence electrons. The van der Waals surface area contributed by atoms with Gasteiger partial charge in [0.15, 0.2) is 0 Å². The van der Waals surface area contributed by atoms with E-state index in [1.807, 2.05) is 0 Å². The topological polar surface area (TPSA) is 113 Å². The van der Waals surface area contributed by atoms with Crippen LogP contribution < -0.4 is 0 Å². The zero-order valence-corrected chi connectivity index (χ0v) is 13.5. The van der Waals surface area contributed by atoms with Gasteiger partial charge < -0.3 is 19.9 Å². The number of aromatic nitrogens is 4. The van der Waals surface area contributed by atoms with E-state index in [1.54, 1.807) is 27.0 Å². The lowest BCUT2D eigenvalue weighted by molar-refractivity contribution is 0.0536. The monoisotopic (exact) mass is 332 g/mol. The molecular weight excluding hydrogens is 312 g/mol. The van der Waals surface area contributed by atoms with Crippen molar-refractivity contribution in [3.8, 4) is 0 Å². The van der Waals surface area contributed by atoms with E-state index in [4.69, 9.17) is 14.9 Å². The van der Waals surface area contributed by atoms with E-state index < -0.39 is 11.7 Å². The van der Waals surface area contributed by atoms with Crippen molar-refractivity contribution in [2.45, 2.75) is 39.6 Å². The highest BCUT2D eigenvalue weighted by molar-refractivity contribution is 5.85. The molecule has 0 aliphatic carbocycles. The molecule has 0 aliphatic heterocycles. The number of hydrogen-bond donors (Lipinski definition) is 3. The number of nitrogens with one attached hydrogen (secondary N) is 1. The standard InChI is InChI=1S/C9H14N2O3.C4H6N2O.ClH/c1-9(2,3)14-8(13)11-4-7(5-12)10-6-11;7-2-4-1-5-3-6-4;/h4,6,12H,5H2,1-3H3;1,3,7H,2H2,(H,5,6);1H. The first-order valence-corrected chi connectivity index (χ1v) is 6.31. The zero-order valence-electron chi connectivity index (χ0n) is 12.7. The minimum Gasteiger partial charge on any atom is -0.443 e. The Hall–Kier alpha value is -1.90. The zero-order chi connectivity index (χ0) is 15.9.